The third-order valence-electron chi connectivity index (χ3n) is 4.79. The Labute approximate surface area is 206 Å². The van der Waals surface area contributed by atoms with Gasteiger partial charge in [0.05, 0.1) is 15.0 Å². The Morgan fingerprint density at radius 2 is 1.33 bits per heavy atom. The molecule has 0 heterocycles. The van der Waals surface area contributed by atoms with Crippen LogP contribution in [0.2, 0.25) is 0 Å². The van der Waals surface area contributed by atoms with E-state index in [0.717, 1.165) is 10.2 Å². The fourth-order valence-corrected chi connectivity index (χ4v) is 7.35. The van der Waals surface area contributed by atoms with Crippen molar-refractivity contribution in [2.45, 2.75) is 50.9 Å². The molecular formula is C18H17F6NO7S4. The van der Waals surface area contributed by atoms with Crippen LogP contribution >= 0.6 is 11.8 Å². The number of thioether (sulfide) groups is 1. The molecule has 2 atom stereocenters. The minimum absolute atomic E-state index is 0.121. The van der Waals surface area contributed by atoms with E-state index in [9.17, 15) is 51.6 Å². The predicted molar refractivity (Wildman–Crippen MR) is 117 cm³/mol. The number of sulfonamides is 2. The molecule has 0 amide bonds. The third kappa shape index (κ3) is 6.34. The van der Waals surface area contributed by atoms with Gasteiger partial charge in [0.25, 0.3) is 20.1 Å². The number of alkyl halides is 4. The van der Waals surface area contributed by atoms with Gasteiger partial charge in [-0.05, 0) is 50.2 Å². The molecule has 0 aromatic heterocycles. The second kappa shape index (κ2) is 10.1. The summed E-state index contributed by atoms with van der Waals surface area (Å²) in [6, 6.07) is 3.92. The van der Waals surface area contributed by atoms with E-state index in [4.69, 9.17) is 4.55 Å². The summed E-state index contributed by atoms with van der Waals surface area (Å²) < 4.78 is 167. The maximum absolute atomic E-state index is 14.7. The van der Waals surface area contributed by atoms with Gasteiger partial charge >= 0.3 is 11.8 Å². The summed E-state index contributed by atoms with van der Waals surface area (Å²) in [4.78, 5) is -2.34. The van der Waals surface area contributed by atoms with Crippen molar-refractivity contribution in [2.24, 2.45) is 0 Å². The van der Waals surface area contributed by atoms with Gasteiger partial charge < -0.3 is 0 Å². The highest BCUT2D eigenvalue weighted by atomic mass is 32.3. The molecule has 0 aliphatic rings. The first-order chi connectivity index (χ1) is 16.1. The smallest absolute Gasteiger partial charge is 0.282 e. The van der Waals surface area contributed by atoms with Crippen LogP contribution in [0.1, 0.15) is 13.8 Å². The van der Waals surface area contributed by atoms with E-state index in [1.165, 1.54) is 0 Å². The number of benzene rings is 2. The summed E-state index contributed by atoms with van der Waals surface area (Å²) in [7, 11) is -15.7. The molecule has 0 radical (unpaired) electrons. The Kier molecular flexibility index (Phi) is 8.54. The zero-order valence-electron chi connectivity index (χ0n) is 18.0. The van der Waals surface area contributed by atoms with Crippen molar-refractivity contribution in [1.82, 2.24) is 4.13 Å². The minimum Gasteiger partial charge on any atom is -0.282 e. The summed E-state index contributed by atoms with van der Waals surface area (Å²) in [6.07, 6.45) is 0. The standard InChI is InChI=1S/C18H17F6NO7S4/c1-10(33-16-8-3-12(19)9-15(16)20)17(21,22)18(23,24)11(2)34(26,27)25-35(28,29)13-4-6-14(7-5-13)36(30,31)32/h3-11,25H,1-2H3,(H,30,31,32). The molecule has 2 rings (SSSR count). The maximum Gasteiger partial charge on any atom is 0.328 e. The highest BCUT2D eigenvalue weighted by Gasteiger charge is 2.66. The highest BCUT2D eigenvalue weighted by Crippen LogP contribution is 2.47. The molecule has 0 saturated carbocycles. The summed E-state index contributed by atoms with van der Waals surface area (Å²) in [6.45, 7) is 0.671. The largest absolute Gasteiger partial charge is 0.328 e. The molecule has 0 aliphatic heterocycles. The molecule has 8 nitrogen and oxygen atoms in total. The monoisotopic (exact) mass is 601 g/mol. The predicted octanol–water partition coefficient (Wildman–Crippen LogP) is 3.66. The van der Waals surface area contributed by atoms with Crippen LogP contribution in [-0.2, 0) is 30.2 Å². The summed E-state index contributed by atoms with van der Waals surface area (Å²) in [5.41, 5.74) is 0. The van der Waals surface area contributed by atoms with Crippen LogP contribution in [0.15, 0.2) is 57.2 Å². The third-order valence-corrected chi connectivity index (χ3v) is 10.8. The van der Waals surface area contributed by atoms with Crippen molar-refractivity contribution in [3.8, 4) is 0 Å². The van der Waals surface area contributed by atoms with Crippen LogP contribution in [0.4, 0.5) is 26.3 Å². The van der Waals surface area contributed by atoms with Gasteiger partial charge in [0.2, 0.25) is 10.0 Å². The lowest BCUT2D eigenvalue weighted by Gasteiger charge is -2.34. The molecular weight excluding hydrogens is 584 g/mol. The van der Waals surface area contributed by atoms with Gasteiger partial charge in [-0.3, -0.25) is 4.55 Å². The highest BCUT2D eigenvalue weighted by molar-refractivity contribution is 8.05. The first-order valence-corrected chi connectivity index (χ1v) is 14.7. The van der Waals surface area contributed by atoms with Gasteiger partial charge in [-0.15, -0.1) is 15.9 Å². The quantitative estimate of drug-likeness (QED) is 0.240. The van der Waals surface area contributed by atoms with Crippen molar-refractivity contribution in [2.75, 3.05) is 0 Å². The van der Waals surface area contributed by atoms with E-state index < -0.39 is 78.8 Å². The molecule has 2 unspecified atom stereocenters. The van der Waals surface area contributed by atoms with Gasteiger partial charge in [-0.25, -0.2) is 25.6 Å². The van der Waals surface area contributed by atoms with Crippen molar-refractivity contribution in [3.05, 3.63) is 54.1 Å². The maximum atomic E-state index is 14.7. The van der Waals surface area contributed by atoms with Crippen LogP contribution in [-0.4, -0.2) is 52.2 Å². The number of nitrogens with one attached hydrogen (secondary N) is 1. The topological polar surface area (TPSA) is 135 Å². The van der Waals surface area contributed by atoms with Crippen LogP contribution < -0.4 is 4.13 Å². The van der Waals surface area contributed by atoms with Gasteiger partial charge in [-0.1, -0.05) is 0 Å². The Balaban J connectivity index is 2.32. The first-order valence-electron chi connectivity index (χ1n) is 9.35. The van der Waals surface area contributed by atoms with Gasteiger partial charge in [0, 0.05) is 11.0 Å². The number of rotatable bonds is 10. The average Bonchev–Trinajstić information content (AvgIpc) is 2.73. The Hall–Kier alpha value is -1.86. The van der Waals surface area contributed by atoms with E-state index in [0.29, 0.717) is 43.3 Å². The lowest BCUT2D eigenvalue weighted by atomic mass is 10.1. The summed E-state index contributed by atoms with van der Waals surface area (Å²) >= 11 is -0.121. The van der Waals surface area contributed by atoms with E-state index in [-0.39, 0.29) is 18.7 Å². The van der Waals surface area contributed by atoms with E-state index >= 15 is 0 Å². The van der Waals surface area contributed by atoms with Gasteiger partial charge in [-0.2, -0.15) is 26.0 Å². The molecule has 36 heavy (non-hydrogen) atoms. The van der Waals surface area contributed by atoms with Crippen molar-refractivity contribution >= 4 is 41.9 Å². The molecule has 2 N–H and O–H groups in total. The first kappa shape index (κ1) is 30.4. The molecule has 2 aromatic rings. The molecule has 2 aromatic carbocycles. The summed E-state index contributed by atoms with van der Waals surface area (Å²) in [5, 5.41) is -5.80. The fourth-order valence-electron chi connectivity index (χ4n) is 2.64. The average molecular weight is 602 g/mol. The second-order valence-corrected chi connectivity index (χ2v) is 14.0. The van der Waals surface area contributed by atoms with Crippen LogP contribution in [0.25, 0.3) is 0 Å². The summed E-state index contributed by atoms with van der Waals surface area (Å²) in [5.74, 6) is -12.9. The van der Waals surface area contributed by atoms with Gasteiger partial charge in [0.1, 0.15) is 16.9 Å². The lowest BCUT2D eigenvalue weighted by molar-refractivity contribution is -0.204. The zero-order valence-corrected chi connectivity index (χ0v) is 21.3. The molecule has 18 heteroatoms. The molecule has 0 aliphatic carbocycles. The van der Waals surface area contributed by atoms with Crippen molar-refractivity contribution < 1.29 is 56.1 Å². The molecule has 0 saturated heterocycles. The SMILES string of the molecule is CC(Sc1ccc(F)cc1F)C(F)(F)C(F)(F)C(C)S(=O)(=O)NS(=O)(=O)c1ccc(S(=O)(=O)O)cc1. The Bertz CT molecular complexity index is 1450. The van der Waals surface area contributed by atoms with Crippen molar-refractivity contribution in [1.29, 1.82) is 0 Å². The number of hydrogen-bond donors (Lipinski definition) is 2. The second-order valence-electron chi connectivity index (χ2n) is 7.30. The van der Waals surface area contributed by atoms with E-state index in [1.54, 1.807) is 0 Å². The molecule has 202 valence electrons. The lowest BCUT2D eigenvalue weighted by Crippen LogP contribution is -2.58. The van der Waals surface area contributed by atoms with Crippen molar-refractivity contribution in [3.63, 3.8) is 0 Å². The molecule has 0 fully saturated rings. The Morgan fingerprint density at radius 1 is 0.833 bits per heavy atom. The fraction of sp³-hybridized carbons (Fsp3) is 0.333. The molecule has 0 spiro atoms. The Morgan fingerprint density at radius 3 is 1.81 bits per heavy atom. The number of hydrogen-bond acceptors (Lipinski definition) is 7. The van der Waals surface area contributed by atoms with Crippen LogP contribution in [0.5, 0.6) is 0 Å². The van der Waals surface area contributed by atoms with Crippen LogP contribution in [0.3, 0.4) is 0 Å². The van der Waals surface area contributed by atoms with Crippen LogP contribution in [0, 0.1) is 11.6 Å². The molecule has 0 bridgehead atoms. The normalized spacial score (nSPS) is 15.5. The van der Waals surface area contributed by atoms with E-state index in [1.807, 2.05) is 0 Å². The number of halogens is 6. The van der Waals surface area contributed by atoms with E-state index in [2.05, 4.69) is 0 Å². The minimum atomic E-state index is -5.73. The zero-order chi connectivity index (χ0) is 27.9. The van der Waals surface area contributed by atoms with Gasteiger partial charge in [0.15, 0.2) is 0 Å².